The molecule has 3 N–H and O–H groups in total. The van der Waals surface area contributed by atoms with Crippen molar-refractivity contribution < 1.29 is 4.74 Å². The van der Waals surface area contributed by atoms with E-state index in [-0.39, 0.29) is 11.8 Å². The molecule has 2 aromatic carbocycles. The van der Waals surface area contributed by atoms with Crippen LogP contribution in [-0.4, -0.2) is 4.98 Å². The van der Waals surface area contributed by atoms with Crippen molar-refractivity contribution in [1.29, 1.82) is 5.26 Å². The highest BCUT2D eigenvalue weighted by Crippen LogP contribution is 2.44. The number of aromatic amines is 1. The van der Waals surface area contributed by atoms with Gasteiger partial charge in [0, 0.05) is 22.1 Å². The predicted octanol–water partition coefficient (Wildman–Crippen LogP) is 4.04. The number of H-pyrrole nitrogens is 1. The van der Waals surface area contributed by atoms with E-state index in [2.05, 4.69) is 11.1 Å². The van der Waals surface area contributed by atoms with E-state index in [0.29, 0.717) is 16.3 Å². The predicted molar refractivity (Wildman–Crippen MR) is 89.0 cm³/mol. The van der Waals surface area contributed by atoms with Crippen LogP contribution in [0.25, 0.3) is 10.9 Å². The fourth-order valence-corrected chi connectivity index (χ4v) is 3.36. The second kappa shape index (κ2) is 5.08. The number of halogens is 1. The Bertz CT molecular complexity index is 997. The van der Waals surface area contributed by atoms with Gasteiger partial charge in [-0.2, -0.15) is 5.26 Å². The van der Waals surface area contributed by atoms with E-state index in [4.69, 9.17) is 22.1 Å². The molecule has 1 aromatic heterocycles. The summed E-state index contributed by atoms with van der Waals surface area (Å²) < 4.78 is 5.75. The zero-order valence-electron chi connectivity index (χ0n) is 12.0. The first-order valence-electron chi connectivity index (χ1n) is 7.12. The molecule has 2 heterocycles. The molecule has 0 saturated heterocycles. The lowest BCUT2D eigenvalue weighted by Gasteiger charge is -2.16. The molecule has 0 spiro atoms. The van der Waals surface area contributed by atoms with Crippen LogP contribution in [0, 0.1) is 11.3 Å². The Morgan fingerprint density at radius 1 is 1.13 bits per heavy atom. The number of benzene rings is 2. The average molecular weight is 322 g/mol. The first kappa shape index (κ1) is 13.7. The SMILES string of the molecule is N#CC1=C(N)Oc2cccc3[nH]cc(c23)C1c1ccccc1Cl. The fourth-order valence-electron chi connectivity index (χ4n) is 3.11. The Morgan fingerprint density at radius 3 is 2.74 bits per heavy atom. The van der Waals surface area contributed by atoms with Gasteiger partial charge >= 0.3 is 0 Å². The van der Waals surface area contributed by atoms with Gasteiger partial charge in [-0.1, -0.05) is 35.9 Å². The minimum absolute atomic E-state index is 0.112. The highest BCUT2D eigenvalue weighted by Gasteiger charge is 2.31. The van der Waals surface area contributed by atoms with Crippen molar-refractivity contribution in [3.8, 4) is 11.8 Å². The highest BCUT2D eigenvalue weighted by molar-refractivity contribution is 6.31. The molecular formula is C18H12ClN3O. The minimum atomic E-state index is -0.369. The van der Waals surface area contributed by atoms with E-state index in [9.17, 15) is 5.26 Å². The molecule has 0 saturated carbocycles. The third kappa shape index (κ3) is 1.98. The van der Waals surface area contributed by atoms with E-state index in [1.54, 1.807) is 0 Å². The molecule has 0 aliphatic carbocycles. The zero-order valence-corrected chi connectivity index (χ0v) is 12.8. The average Bonchev–Trinajstić information content (AvgIpc) is 2.93. The van der Waals surface area contributed by atoms with Crippen LogP contribution in [0.1, 0.15) is 17.0 Å². The molecule has 1 unspecified atom stereocenters. The number of allylic oxidation sites excluding steroid dienone is 1. The van der Waals surface area contributed by atoms with Crippen LogP contribution in [0.2, 0.25) is 5.02 Å². The number of hydrogen-bond donors (Lipinski definition) is 2. The summed E-state index contributed by atoms with van der Waals surface area (Å²) in [5.74, 6) is 0.380. The van der Waals surface area contributed by atoms with E-state index in [1.165, 1.54) is 0 Å². The van der Waals surface area contributed by atoms with Crippen molar-refractivity contribution in [3.63, 3.8) is 0 Å². The van der Waals surface area contributed by atoms with Gasteiger partial charge in [0.1, 0.15) is 17.4 Å². The summed E-state index contributed by atoms with van der Waals surface area (Å²) in [7, 11) is 0. The summed E-state index contributed by atoms with van der Waals surface area (Å²) in [6.07, 6.45) is 1.89. The molecule has 1 aliphatic heterocycles. The summed E-state index contributed by atoms with van der Waals surface area (Å²) in [4.78, 5) is 3.23. The maximum Gasteiger partial charge on any atom is 0.205 e. The molecule has 0 bridgehead atoms. The maximum atomic E-state index is 9.66. The molecule has 5 heteroatoms. The number of nitrogens with one attached hydrogen (secondary N) is 1. The molecule has 23 heavy (non-hydrogen) atoms. The number of rotatable bonds is 1. The van der Waals surface area contributed by atoms with Gasteiger partial charge in [0.2, 0.25) is 5.88 Å². The normalized spacial score (nSPS) is 16.8. The van der Waals surface area contributed by atoms with E-state index in [0.717, 1.165) is 22.0 Å². The Kier molecular flexibility index (Phi) is 3.03. The molecule has 0 amide bonds. The second-order valence-electron chi connectivity index (χ2n) is 5.37. The summed E-state index contributed by atoms with van der Waals surface area (Å²) in [5, 5.41) is 11.2. The number of nitrogens with zero attached hydrogens (tertiary/aromatic N) is 1. The summed E-state index contributed by atoms with van der Waals surface area (Å²) in [6.45, 7) is 0. The Hall–Kier alpha value is -2.90. The van der Waals surface area contributed by atoms with Gasteiger partial charge in [0.15, 0.2) is 0 Å². The molecule has 1 atom stereocenters. The summed E-state index contributed by atoms with van der Waals surface area (Å²) in [5.41, 5.74) is 9.11. The van der Waals surface area contributed by atoms with Gasteiger partial charge in [-0.3, -0.25) is 0 Å². The van der Waals surface area contributed by atoms with Gasteiger partial charge in [-0.25, -0.2) is 0 Å². The number of nitrogens with two attached hydrogens (primary N) is 1. The molecular weight excluding hydrogens is 310 g/mol. The first-order chi connectivity index (χ1) is 11.2. The fraction of sp³-hybridized carbons (Fsp3) is 0.0556. The van der Waals surface area contributed by atoms with Crippen molar-refractivity contribution in [2.45, 2.75) is 5.92 Å². The Morgan fingerprint density at radius 2 is 1.96 bits per heavy atom. The number of ether oxygens (including phenoxy) is 1. The quantitative estimate of drug-likeness (QED) is 0.710. The zero-order chi connectivity index (χ0) is 16.0. The van der Waals surface area contributed by atoms with Crippen LogP contribution in [0.3, 0.4) is 0 Å². The van der Waals surface area contributed by atoms with E-state index in [1.807, 2.05) is 48.7 Å². The molecule has 3 aromatic rings. The van der Waals surface area contributed by atoms with Gasteiger partial charge < -0.3 is 15.5 Å². The van der Waals surface area contributed by atoms with Crippen LogP contribution in [-0.2, 0) is 0 Å². The Balaban J connectivity index is 2.10. The van der Waals surface area contributed by atoms with Gasteiger partial charge in [-0.05, 0) is 29.3 Å². The number of hydrogen-bond acceptors (Lipinski definition) is 3. The van der Waals surface area contributed by atoms with Crippen LogP contribution < -0.4 is 10.5 Å². The minimum Gasteiger partial charge on any atom is -0.440 e. The largest absolute Gasteiger partial charge is 0.440 e. The maximum absolute atomic E-state index is 9.66. The van der Waals surface area contributed by atoms with Gasteiger partial charge in [0.05, 0.1) is 5.92 Å². The highest BCUT2D eigenvalue weighted by atomic mass is 35.5. The van der Waals surface area contributed by atoms with Crippen LogP contribution in [0.5, 0.6) is 5.75 Å². The van der Waals surface area contributed by atoms with Crippen LogP contribution >= 0.6 is 11.6 Å². The van der Waals surface area contributed by atoms with Crippen LogP contribution in [0.4, 0.5) is 0 Å². The monoisotopic (exact) mass is 321 g/mol. The lowest BCUT2D eigenvalue weighted by atomic mass is 9.85. The third-order valence-electron chi connectivity index (χ3n) is 4.12. The van der Waals surface area contributed by atoms with Gasteiger partial charge in [-0.15, -0.1) is 0 Å². The van der Waals surface area contributed by atoms with Crippen molar-refractivity contribution >= 4 is 22.5 Å². The molecule has 4 nitrogen and oxygen atoms in total. The van der Waals surface area contributed by atoms with Crippen LogP contribution in [0.15, 0.2) is 60.1 Å². The molecule has 1 aliphatic rings. The lowest BCUT2D eigenvalue weighted by Crippen LogP contribution is -2.13. The standard InChI is InChI=1S/C18H12ClN3O/c19-13-5-2-1-4-10(13)16-11(8-20)18(21)23-15-7-3-6-14-17(15)12(16)9-22-14/h1-7,9,16,22H,21H2. The van der Waals surface area contributed by atoms with Crippen molar-refractivity contribution in [2.24, 2.45) is 5.73 Å². The van der Waals surface area contributed by atoms with Crippen molar-refractivity contribution in [2.75, 3.05) is 0 Å². The molecule has 112 valence electrons. The Labute approximate surface area is 137 Å². The molecule has 0 radical (unpaired) electrons. The number of nitriles is 1. The lowest BCUT2D eigenvalue weighted by molar-refractivity contribution is 0.420. The molecule has 4 rings (SSSR count). The first-order valence-corrected chi connectivity index (χ1v) is 7.50. The van der Waals surface area contributed by atoms with E-state index < -0.39 is 0 Å². The summed E-state index contributed by atoms with van der Waals surface area (Å²) in [6, 6.07) is 15.4. The number of aromatic nitrogens is 1. The van der Waals surface area contributed by atoms with Crippen molar-refractivity contribution in [3.05, 3.63) is 76.3 Å². The smallest absolute Gasteiger partial charge is 0.205 e. The third-order valence-corrected chi connectivity index (χ3v) is 4.46. The second-order valence-corrected chi connectivity index (χ2v) is 5.78. The topological polar surface area (TPSA) is 74.8 Å². The molecule has 0 fully saturated rings. The summed E-state index contributed by atoms with van der Waals surface area (Å²) >= 11 is 6.39. The van der Waals surface area contributed by atoms with Gasteiger partial charge in [0.25, 0.3) is 0 Å². The van der Waals surface area contributed by atoms with Crippen molar-refractivity contribution in [1.82, 2.24) is 4.98 Å². The van der Waals surface area contributed by atoms with E-state index >= 15 is 0 Å².